The highest BCUT2D eigenvalue weighted by Crippen LogP contribution is 2.13. The van der Waals surface area contributed by atoms with E-state index < -0.39 is 0 Å². The second kappa shape index (κ2) is 5.47. The Hall–Kier alpha value is -1.41. The third-order valence-corrected chi connectivity index (χ3v) is 2.26. The van der Waals surface area contributed by atoms with E-state index >= 15 is 0 Å². The maximum atomic E-state index is 11.1. The minimum absolute atomic E-state index is 0.123. The lowest BCUT2D eigenvalue weighted by Crippen LogP contribution is -2.08. The monoisotopic (exact) mass is 268 g/mol. The molecule has 0 aliphatic carbocycles. The summed E-state index contributed by atoms with van der Waals surface area (Å²) in [6, 6.07) is 5.23. The van der Waals surface area contributed by atoms with Gasteiger partial charge in [-0.25, -0.2) is 4.98 Å². The third kappa shape index (κ3) is 3.33. The molecule has 1 aromatic rings. The highest BCUT2D eigenvalue weighted by Gasteiger charge is 2.07. The van der Waals surface area contributed by atoms with Gasteiger partial charge in [-0.3, -0.25) is 4.79 Å². The number of rotatable bonds is 3. The van der Waals surface area contributed by atoms with Gasteiger partial charge >= 0.3 is 5.97 Å². The molecule has 1 heterocycles. The molecule has 0 bridgehead atoms. The predicted molar refractivity (Wildman–Crippen MR) is 57.0 cm³/mol. The SMILES string of the molecule is CCOC(=O)Cc1ccc(C#N)c(Br)n1. The normalized spacial score (nSPS) is 9.40. The molecule has 0 saturated heterocycles. The number of halogens is 1. The summed E-state index contributed by atoms with van der Waals surface area (Å²) in [7, 11) is 0. The quantitative estimate of drug-likeness (QED) is 0.620. The predicted octanol–water partition coefficient (Wildman–Crippen LogP) is 1.82. The Morgan fingerprint density at radius 1 is 1.67 bits per heavy atom. The summed E-state index contributed by atoms with van der Waals surface area (Å²) in [6.45, 7) is 2.11. The number of pyridine rings is 1. The van der Waals surface area contributed by atoms with Gasteiger partial charge in [0, 0.05) is 0 Å². The molecule has 0 unspecified atom stereocenters. The van der Waals surface area contributed by atoms with Crippen LogP contribution in [0.2, 0.25) is 0 Å². The number of carbonyl (C=O) groups excluding carboxylic acids is 1. The molecule has 0 atom stereocenters. The molecule has 0 radical (unpaired) electrons. The number of aromatic nitrogens is 1. The number of hydrogen-bond donors (Lipinski definition) is 0. The fourth-order valence-electron chi connectivity index (χ4n) is 1.01. The van der Waals surface area contributed by atoms with Crippen LogP contribution in [-0.2, 0) is 16.0 Å². The van der Waals surface area contributed by atoms with Gasteiger partial charge in [0.05, 0.1) is 24.3 Å². The van der Waals surface area contributed by atoms with Gasteiger partial charge in [-0.2, -0.15) is 5.26 Å². The Morgan fingerprint density at radius 2 is 2.40 bits per heavy atom. The van der Waals surface area contributed by atoms with Crippen molar-refractivity contribution in [2.24, 2.45) is 0 Å². The van der Waals surface area contributed by atoms with Crippen LogP contribution in [-0.4, -0.2) is 17.6 Å². The maximum Gasteiger partial charge on any atom is 0.311 e. The molecule has 1 aromatic heterocycles. The lowest BCUT2D eigenvalue weighted by atomic mass is 10.2. The van der Waals surface area contributed by atoms with E-state index in [1.807, 2.05) is 6.07 Å². The second-order valence-electron chi connectivity index (χ2n) is 2.73. The number of carbonyl (C=O) groups is 1. The molecule has 0 fully saturated rings. The molecule has 0 saturated carbocycles. The average molecular weight is 269 g/mol. The molecule has 5 heteroatoms. The Labute approximate surface area is 96.0 Å². The van der Waals surface area contributed by atoms with Crippen LogP contribution >= 0.6 is 15.9 Å². The van der Waals surface area contributed by atoms with Crippen LogP contribution in [0.15, 0.2) is 16.7 Å². The van der Waals surface area contributed by atoms with Crippen molar-refractivity contribution in [2.45, 2.75) is 13.3 Å². The van der Waals surface area contributed by atoms with E-state index in [-0.39, 0.29) is 12.4 Å². The van der Waals surface area contributed by atoms with Crippen LogP contribution in [0, 0.1) is 11.3 Å². The number of nitrogens with zero attached hydrogens (tertiary/aromatic N) is 2. The van der Waals surface area contributed by atoms with Gasteiger partial charge in [0.25, 0.3) is 0 Å². The summed E-state index contributed by atoms with van der Waals surface area (Å²) in [5.74, 6) is -0.318. The smallest absolute Gasteiger partial charge is 0.311 e. The average Bonchev–Trinajstić information content (AvgIpc) is 2.18. The summed E-state index contributed by atoms with van der Waals surface area (Å²) in [5, 5.41) is 8.66. The molecular weight excluding hydrogens is 260 g/mol. The van der Waals surface area contributed by atoms with Crippen molar-refractivity contribution in [1.29, 1.82) is 5.26 Å². The summed E-state index contributed by atoms with van der Waals surface area (Å²) in [6.07, 6.45) is 0.123. The standard InChI is InChI=1S/C10H9BrN2O2/c1-2-15-9(14)5-8-4-3-7(6-12)10(11)13-8/h3-4H,2,5H2,1H3. The zero-order valence-electron chi connectivity index (χ0n) is 8.16. The van der Waals surface area contributed by atoms with E-state index in [1.54, 1.807) is 19.1 Å². The van der Waals surface area contributed by atoms with Gasteiger partial charge in [-0.05, 0) is 35.0 Å². The van der Waals surface area contributed by atoms with E-state index in [9.17, 15) is 4.79 Å². The molecule has 0 aliphatic rings. The first kappa shape index (κ1) is 11.7. The Morgan fingerprint density at radius 3 is 2.93 bits per heavy atom. The summed E-state index contributed by atoms with van der Waals surface area (Å²) >= 11 is 3.15. The molecule has 0 N–H and O–H groups in total. The first-order valence-corrected chi connectivity index (χ1v) is 5.17. The topological polar surface area (TPSA) is 63.0 Å². The fraction of sp³-hybridized carbons (Fsp3) is 0.300. The van der Waals surface area contributed by atoms with E-state index in [0.717, 1.165) is 0 Å². The summed E-state index contributed by atoms with van der Waals surface area (Å²) < 4.78 is 5.23. The van der Waals surface area contributed by atoms with Gasteiger partial charge in [0.1, 0.15) is 10.7 Å². The molecule has 78 valence electrons. The molecule has 0 spiro atoms. The zero-order valence-corrected chi connectivity index (χ0v) is 9.74. The first-order chi connectivity index (χ1) is 7.17. The maximum absolute atomic E-state index is 11.1. The zero-order chi connectivity index (χ0) is 11.3. The second-order valence-corrected chi connectivity index (χ2v) is 3.49. The largest absolute Gasteiger partial charge is 0.466 e. The van der Waals surface area contributed by atoms with Crippen molar-refractivity contribution in [2.75, 3.05) is 6.61 Å². The minimum Gasteiger partial charge on any atom is -0.466 e. The lowest BCUT2D eigenvalue weighted by Gasteiger charge is -2.02. The molecule has 15 heavy (non-hydrogen) atoms. The lowest BCUT2D eigenvalue weighted by molar-refractivity contribution is -0.142. The fourth-order valence-corrected chi connectivity index (χ4v) is 1.46. The van der Waals surface area contributed by atoms with Crippen molar-refractivity contribution in [3.05, 3.63) is 28.0 Å². The van der Waals surface area contributed by atoms with Gasteiger partial charge < -0.3 is 4.74 Å². The van der Waals surface area contributed by atoms with Crippen LogP contribution in [0.4, 0.5) is 0 Å². The molecule has 0 amide bonds. The van der Waals surface area contributed by atoms with Gasteiger partial charge in [0.2, 0.25) is 0 Å². The van der Waals surface area contributed by atoms with Crippen molar-refractivity contribution in [1.82, 2.24) is 4.98 Å². The molecule has 1 rings (SSSR count). The van der Waals surface area contributed by atoms with Gasteiger partial charge in [-0.1, -0.05) is 0 Å². The van der Waals surface area contributed by atoms with Crippen LogP contribution in [0.3, 0.4) is 0 Å². The van der Waals surface area contributed by atoms with E-state index in [0.29, 0.717) is 22.5 Å². The molecular formula is C10H9BrN2O2. The first-order valence-electron chi connectivity index (χ1n) is 4.38. The van der Waals surface area contributed by atoms with Crippen LogP contribution in [0.25, 0.3) is 0 Å². The summed E-state index contributed by atoms with van der Waals surface area (Å²) in [4.78, 5) is 15.2. The van der Waals surface area contributed by atoms with Crippen molar-refractivity contribution in [3.63, 3.8) is 0 Å². The molecule has 4 nitrogen and oxygen atoms in total. The number of hydrogen-bond acceptors (Lipinski definition) is 4. The van der Waals surface area contributed by atoms with Crippen LogP contribution in [0.1, 0.15) is 18.2 Å². The van der Waals surface area contributed by atoms with Gasteiger partial charge in [0.15, 0.2) is 0 Å². The van der Waals surface area contributed by atoms with Crippen molar-refractivity contribution in [3.8, 4) is 6.07 Å². The number of nitriles is 1. The van der Waals surface area contributed by atoms with Crippen LogP contribution in [0.5, 0.6) is 0 Å². The van der Waals surface area contributed by atoms with Crippen molar-refractivity contribution >= 4 is 21.9 Å². The van der Waals surface area contributed by atoms with E-state index in [4.69, 9.17) is 10.00 Å². The Bertz CT molecular complexity index is 412. The molecule has 0 aliphatic heterocycles. The Kier molecular flexibility index (Phi) is 4.25. The minimum atomic E-state index is -0.318. The summed E-state index contributed by atoms with van der Waals surface area (Å²) in [5.41, 5.74) is 1.03. The Balaban J connectivity index is 2.76. The highest BCUT2D eigenvalue weighted by atomic mass is 79.9. The molecule has 0 aromatic carbocycles. The van der Waals surface area contributed by atoms with Gasteiger partial charge in [-0.15, -0.1) is 0 Å². The number of ether oxygens (including phenoxy) is 1. The third-order valence-electron chi connectivity index (χ3n) is 1.66. The van der Waals surface area contributed by atoms with Crippen LogP contribution < -0.4 is 0 Å². The highest BCUT2D eigenvalue weighted by molar-refractivity contribution is 9.10. The van der Waals surface area contributed by atoms with Crippen molar-refractivity contribution < 1.29 is 9.53 Å². The number of esters is 1. The van der Waals surface area contributed by atoms with E-state index in [1.165, 1.54) is 0 Å². The van der Waals surface area contributed by atoms with E-state index in [2.05, 4.69) is 20.9 Å².